The summed E-state index contributed by atoms with van der Waals surface area (Å²) in [5.74, 6) is 1.57. The lowest BCUT2D eigenvalue weighted by atomic mass is 10.2. The fraction of sp³-hybridized carbons (Fsp3) is 0.333. The Morgan fingerprint density at radius 2 is 2.37 bits per heavy atom. The first kappa shape index (κ1) is 19.4. The van der Waals surface area contributed by atoms with Gasteiger partial charge in [0.25, 0.3) is 0 Å². The molecular formula is C18H23N7S2. The molecule has 0 radical (unpaired) electrons. The monoisotopic (exact) mass is 401 g/mol. The summed E-state index contributed by atoms with van der Waals surface area (Å²) in [6.45, 7) is 5.53. The summed E-state index contributed by atoms with van der Waals surface area (Å²) in [6.07, 6.45) is 4.75. The molecule has 142 valence electrons. The zero-order valence-electron chi connectivity index (χ0n) is 15.5. The van der Waals surface area contributed by atoms with Crippen LogP contribution < -0.4 is 15.5 Å². The zero-order chi connectivity index (χ0) is 19.1. The Hall–Kier alpha value is -2.39. The second-order valence-electron chi connectivity index (χ2n) is 6.02. The number of aromatic nitrogens is 2. The first-order chi connectivity index (χ1) is 13.2. The lowest BCUT2D eigenvalue weighted by molar-refractivity contribution is 0.718. The summed E-state index contributed by atoms with van der Waals surface area (Å²) in [4.78, 5) is 19.6. The van der Waals surface area contributed by atoms with Crippen molar-refractivity contribution < 1.29 is 0 Å². The van der Waals surface area contributed by atoms with Crippen LogP contribution in [0.4, 0.5) is 5.69 Å². The summed E-state index contributed by atoms with van der Waals surface area (Å²) < 4.78 is 0. The van der Waals surface area contributed by atoms with E-state index in [1.807, 2.05) is 42.2 Å². The second-order valence-corrected chi connectivity index (χ2v) is 7.74. The van der Waals surface area contributed by atoms with E-state index >= 15 is 0 Å². The van der Waals surface area contributed by atoms with Crippen LogP contribution in [0, 0.1) is 0 Å². The molecule has 0 saturated heterocycles. The normalized spacial score (nSPS) is 14.3. The lowest BCUT2D eigenvalue weighted by Crippen LogP contribution is -2.40. The molecule has 27 heavy (non-hydrogen) atoms. The highest BCUT2D eigenvalue weighted by Gasteiger charge is 2.10. The van der Waals surface area contributed by atoms with E-state index in [4.69, 9.17) is 4.98 Å². The largest absolute Gasteiger partial charge is 0.376 e. The molecule has 0 atom stereocenters. The van der Waals surface area contributed by atoms with Gasteiger partial charge in [0.2, 0.25) is 0 Å². The molecule has 0 aromatic carbocycles. The average Bonchev–Trinajstić information content (AvgIpc) is 3.19. The number of thiazole rings is 1. The minimum absolute atomic E-state index is 0.705. The molecule has 2 aromatic rings. The maximum atomic E-state index is 4.71. The number of nitrogens with one attached hydrogen (secondary N) is 2. The fourth-order valence-corrected chi connectivity index (χ4v) is 3.83. The Balaban J connectivity index is 1.65. The van der Waals surface area contributed by atoms with E-state index in [-0.39, 0.29) is 0 Å². The van der Waals surface area contributed by atoms with Crippen molar-refractivity contribution in [3.63, 3.8) is 0 Å². The molecule has 1 aliphatic rings. The van der Waals surface area contributed by atoms with Crippen molar-refractivity contribution in [1.29, 1.82) is 0 Å². The van der Waals surface area contributed by atoms with Gasteiger partial charge in [-0.05, 0) is 19.2 Å². The number of anilines is 1. The molecule has 0 spiro atoms. The number of rotatable bonds is 7. The molecule has 0 unspecified atom stereocenters. The number of pyridine rings is 1. The third-order valence-corrected chi connectivity index (χ3v) is 5.43. The molecule has 2 N–H and O–H groups in total. The maximum Gasteiger partial charge on any atom is 0.191 e. The third kappa shape index (κ3) is 5.30. The van der Waals surface area contributed by atoms with Crippen LogP contribution in [0.5, 0.6) is 0 Å². The van der Waals surface area contributed by atoms with Crippen molar-refractivity contribution in [3.8, 4) is 10.6 Å². The predicted octanol–water partition coefficient (Wildman–Crippen LogP) is 2.90. The topological polar surface area (TPSA) is 77.8 Å². The van der Waals surface area contributed by atoms with Gasteiger partial charge in [0.05, 0.1) is 23.5 Å². The van der Waals surface area contributed by atoms with Crippen LogP contribution in [0.3, 0.4) is 0 Å². The first-order valence-electron chi connectivity index (χ1n) is 8.56. The van der Waals surface area contributed by atoms with Gasteiger partial charge in [0, 0.05) is 49.7 Å². The molecule has 3 rings (SSSR count). The van der Waals surface area contributed by atoms with Crippen molar-refractivity contribution in [2.24, 2.45) is 9.98 Å². The summed E-state index contributed by atoms with van der Waals surface area (Å²) in [5, 5.41) is 11.4. The highest BCUT2D eigenvalue weighted by molar-refractivity contribution is 8.02. The number of thioether (sulfide) groups is 1. The summed E-state index contributed by atoms with van der Waals surface area (Å²) in [6, 6.07) is 2.08. The standard InChI is InChI=1S/C18H23N7S2/c1-19-15(10-26-12-23-18-21-5-4-6-22-18)16-11-27-17(24-16)13-7-14(25(2)3)9-20-8-13/h7-11H,1,4-6,12H2,2-3H3,(H2,21,22,23)/b15-10-. The minimum Gasteiger partial charge on any atom is -0.376 e. The van der Waals surface area contributed by atoms with Gasteiger partial charge < -0.3 is 15.5 Å². The van der Waals surface area contributed by atoms with Gasteiger partial charge in [-0.3, -0.25) is 15.0 Å². The molecule has 9 heteroatoms. The van der Waals surface area contributed by atoms with Gasteiger partial charge in [-0.15, -0.1) is 23.1 Å². The SMILES string of the molecule is C=N/C(=C\SCNC1=NCCCN1)c1csc(-c2cncc(N(C)C)c2)n1. The van der Waals surface area contributed by atoms with Crippen molar-refractivity contribution in [1.82, 2.24) is 20.6 Å². The zero-order valence-corrected chi connectivity index (χ0v) is 17.1. The third-order valence-electron chi connectivity index (χ3n) is 3.84. The van der Waals surface area contributed by atoms with Gasteiger partial charge in [-0.25, -0.2) is 4.98 Å². The van der Waals surface area contributed by atoms with Crippen LogP contribution in [0.25, 0.3) is 16.3 Å². The summed E-state index contributed by atoms with van der Waals surface area (Å²) in [5.41, 5.74) is 3.62. The van der Waals surface area contributed by atoms with Crippen LogP contribution in [0.1, 0.15) is 12.1 Å². The number of nitrogens with zero attached hydrogens (tertiary/aromatic N) is 5. The van der Waals surface area contributed by atoms with Gasteiger partial charge in [-0.2, -0.15) is 0 Å². The second kappa shape index (κ2) is 9.52. The van der Waals surface area contributed by atoms with Gasteiger partial charge in [0.15, 0.2) is 5.96 Å². The van der Waals surface area contributed by atoms with Crippen LogP contribution in [0.15, 0.2) is 39.2 Å². The predicted molar refractivity (Wildman–Crippen MR) is 118 cm³/mol. The average molecular weight is 402 g/mol. The Morgan fingerprint density at radius 1 is 1.48 bits per heavy atom. The van der Waals surface area contributed by atoms with Crippen molar-refractivity contribution in [3.05, 3.63) is 34.9 Å². The van der Waals surface area contributed by atoms with Crippen LogP contribution >= 0.6 is 23.1 Å². The van der Waals surface area contributed by atoms with Crippen molar-refractivity contribution >= 4 is 47.2 Å². The molecule has 7 nitrogen and oxygen atoms in total. The smallest absolute Gasteiger partial charge is 0.191 e. The van der Waals surface area contributed by atoms with E-state index in [0.717, 1.165) is 53.1 Å². The van der Waals surface area contributed by atoms with Crippen LogP contribution in [-0.2, 0) is 0 Å². The molecule has 0 aliphatic carbocycles. The maximum absolute atomic E-state index is 4.71. The van der Waals surface area contributed by atoms with Gasteiger partial charge >= 0.3 is 0 Å². The highest BCUT2D eigenvalue weighted by atomic mass is 32.2. The Bertz CT molecular complexity index is 842. The van der Waals surface area contributed by atoms with Gasteiger partial charge in [0.1, 0.15) is 10.7 Å². The number of hydrogen-bond acceptors (Lipinski definition) is 9. The van der Waals surface area contributed by atoms with E-state index in [2.05, 4.69) is 38.4 Å². The number of aliphatic imine (C=N–C) groups is 2. The summed E-state index contributed by atoms with van der Waals surface area (Å²) in [7, 11) is 3.99. The van der Waals surface area contributed by atoms with Crippen molar-refractivity contribution in [2.75, 3.05) is 38.0 Å². The Labute approximate surface area is 167 Å². The Kier molecular flexibility index (Phi) is 6.83. The summed E-state index contributed by atoms with van der Waals surface area (Å²) >= 11 is 3.18. The van der Waals surface area contributed by atoms with Crippen molar-refractivity contribution in [2.45, 2.75) is 6.42 Å². The van der Waals surface area contributed by atoms with Gasteiger partial charge in [-0.1, -0.05) is 0 Å². The minimum atomic E-state index is 0.705. The molecule has 3 heterocycles. The lowest BCUT2D eigenvalue weighted by Gasteiger charge is -2.15. The molecule has 0 fully saturated rings. The molecule has 0 amide bonds. The van der Waals surface area contributed by atoms with E-state index < -0.39 is 0 Å². The molecule has 1 aliphatic heterocycles. The molecule has 2 aromatic heterocycles. The highest BCUT2D eigenvalue weighted by Crippen LogP contribution is 2.29. The fourth-order valence-electron chi connectivity index (χ4n) is 2.37. The molecule has 0 saturated carbocycles. The Morgan fingerprint density at radius 3 is 3.11 bits per heavy atom. The van der Waals surface area contributed by atoms with Crippen LogP contribution in [0.2, 0.25) is 0 Å². The van der Waals surface area contributed by atoms with E-state index in [1.165, 1.54) is 0 Å². The van der Waals surface area contributed by atoms with Crippen LogP contribution in [-0.4, -0.2) is 55.7 Å². The van der Waals surface area contributed by atoms with E-state index in [1.54, 1.807) is 23.1 Å². The number of guanidine groups is 1. The molecule has 0 bridgehead atoms. The van der Waals surface area contributed by atoms with E-state index in [0.29, 0.717) is 5.88 Å². The first-order valence-corrected chi connectivity index (χ1v) is 10.5. The van der Waals surface area contributed by atoms with E-state index in [9.17, 15) is 0 Å². The number of hydrogen-bond donors (Lipinski definition) is 2. The molecular weight excluding hydrogens is 378 g/mol. The quantitative estimate of drug-likeness (QED) is 0.422.